The largest absolute Gasteiger partial charge is 0.481 e. The number of hydrogen-bond acceptors (Lipinski definition) is 5. The van der Waals surface area contributed by atoms with E-state index < -0.39 is 17.0 Å². The van der Waals surface area contributed by atoms with Gasteiger partial charge in [-0.05, 0) is 55.7 Å². The number of nitrogens with one attached hydrogen (secondary N) is 1. The highest BCUT2D eigenvalue weighted by molar-refractivity contribution is 5.70. The fourth-order valence-electron chi connectivity index (χ4n) is 2.99. The van der Waals surface area contributed by atoms with Crippen molar-refractivity contribution in [2.75, 3.05) is 6.54 Å². The molecule has 0 bridgehead atoms. The lowest BCUT2D eigenvalue weighted by Gasteiger charge is -2.25. The van der Waals surface area contributed by atoms with Crippen molar-refractivity contribution in [1.82, 2.24) is 5.32 Å². The maximum atomic E-state index is 11.7. The van der Waals surface area contributed by atoms with Crippen LogP contribution in [0.15, 0.2) is 24.3 Å². The fraction of sp³-hybridized carbons (Fsp3) is 0.529. The number of carboxylic acids is 1. The lowest BCUT2D eigenvalue weighted by Crippen LogP contribution is -2.28. The Hall–Kier alpha value is -2.64. The molecule has 8 nitrogen and oxygen atoms in total. The zero-order valence-electron chi connectivity index (χ0n) is 13.8. The van der Waals surface area contributed by atoms with E-state index in [-0.39, 0.29) is 18.2 Å². The van der Waals surface area contributed by atoms with Gasteiger partial charge in [0.1, 0.15) is 6.61 Å². The molecular weight excluding hydrogens is 328 g/mol. The molecule has 0 radical (unpaired) electrons. The summed E-state index contributed by atoms with van der Waals surface area (Å²) in [4.78, 5) is 32.6. The van der Waals surface area contributed by atoms with E-state index in [1.807, 2.05) is 0 Å². The van der Waals surface area contributed by atoms with E-state index in [4.69, 9.17) is 9.84 Å². The summed E-state index contributed by atoms with van der Waals surface area (Å²) in [6, 6.07) is 5.83. The van der Waals surface area contributed by atoms with Crippen molar-refractivity contribution >= 4 is 17.7 Å². The molecular formula is C17H22N2O6. The second-order valence-corrected chi connectivity index (χ2v) is 6.27. The smallest absolute Gasteiger partial charge is 0.407 e. The molecule has 1 aliphatic carbocycles. The Morgan fingerprint density at radius 2 is 1.84 bits per heavy atom. The third-order valence-corrected chi connectivity index (χ3v) is 4.54. The van der Waals surface area contributed by atoms with Crippen LogP contribution in [-0.4, -0.2) is 28.6 Å². The standard InChI is InChI=1S/C17H22N2O6/c20-16(21)14-5-1-12(2-6-14)9-10-18-17(22)25-11-13-3-7-15(8-4-13)19(23)24/h3-4,7-8,12,14H,1-2,5-6,9-11H2,(H,18,22)(H,20,21). The number of amides is 1. The summed E-state index contributed by atoms with van der Waals surface area (Å²) in [7, 11) is 0. The third kappa shape index (κ3) is 6.06. The minimum atomic E-state index is -0.716. The van der Waals surface area contributed by atoms with Crippen LogP contribution in [0.4, 0.5) is 10.5 Å². The predicted molar refractivity (Wildman–Crippen MR) is 89.0 cm³/mol. The van der Waals surface area contributed by atoms with Gasteiger partial charge in [-0.25, -0.2) is 4.79 Å². The van der Waals surface area contributed by atoms with Crippen molar-refractivity contribution in [3.05, 3.63) is 39.9 Å². The van der Waals surface area contributed by atoms with E-state index in [1.165, 1.54) is 12.1 Å². The first-order chi connectivity index (χ1) is 12.0. The first-order valence-electron chi connectivity index (χ1n) is 8.32. The molecule has 1 amide bonds. The maximum absolute atomic E-state index is 11.7. The summed E-state index contributed by atoms with van der Waals surface area (Å²) in [5.41, 5.74) is 0.665. The normalized spacial score (nSPS) is 19.8. The number of hydrogen-bond donors (Lipinski definition) is 2. The molecule has 1 aromatic carbocycles. The monoisotopic (exact) mass is 350 g/mol. The molecule has 1 aromatic rings. The third-order valence-electron chi connectivity index (χ3n) is 4.54. The molecule has 136 valence electrons. The highest BCUT2D eigenvalue weighted by Gasteiger charge is 2.25. The molecule has 0 heterocycles. The van der Waals surface area contributed by atoms with Crippen LogP contribution in [-0.2, 0) is 16.1 Å². The van der Waals surface area contributed by atoms with Crippen molar-refractivity contribution in [2.24, 2.45) is 11.8 Å². The number of benzene rings is 1. The molecule has 0 spiro atoms. The van der Waals surface area contributed by atoms with Gasteiger partial charge < -0.3 is 15.2 Å². The van der Waals surface area contributed by atoms with E-state index in [1.54, 1.807) is 12.1 Å². The van der Waals surface area contributed by atoms with E-state index in [0.717, 1.165) is 19.3 Å². The summed E-state index contributed by atoms with van der Waals surface area (Å²) in [5.74, 6) is -0.507. The summed E-state index contributed by atoms with van der Waals surface area (Å²) < 4.78 is 5.07. The molecule has 1 fully saturated rings. The van der Waals surface area contributed by atoms with Crippen molar-refractivity contribution in [3.63, 3.8) is 0 Å². The van der Waals surface area contributed by atoms with Gasteiger partial charge in [0.25, 0.3) is 5.69 Å². The first-order valence-corrected chi connectivity index (χ1v) is 8.32. The number of non-ortho nitro benzene ring substituents is 1. The Kier molecular flexibility index (Phi) is 6.73. The van der Waals surface area contributed by atoms with E-state index in [2.05, 4.69) is 5.32 Å². The van der Waals surface area contributed by atoms with Crippen LogP contribution < -0.4 is 5.32 Å². The van der Waals surface area contributed by atoms with E-state index >= 15 is 0 Å². The van der Waals surface area contributed by atoms with Gasteiger partial charge >= 0.3 is 12.1 Å². The molecule has 0 saturated heterocycles. The number of alkyl carbamates (subject to hydrolysis) is 1. The molecule has 2 rings (SSSR count). The van der Waals surface area contributed by atoms with Crippen LogP contribution in [0.3, 0.4) is 0 Å². The van der Waals surface area contributed by atoms with Crippen molar-refractivity contribution in [1.29, 1.82) is 0 Å². The van der Waals surface area contributed by atoms with Gasteiger partial charge in [0.2, 0.25) is 0 Å². The lowest BCUT2D eigenvalue weighted by molar-refractivity contribution is -0.384. The molecule has 0 aromatic heterocycles. The van der Waals surface area contributed by atoms with Crippen LogP contribution in [0, 0.1) is 22.0 Å². The Bertz CT molecular complexity index is 608. The average Bonchev–Trinajstić information content (AvgIpc) is 2.60. The van der Waals surface area contributed by atoms with E-state index in [9.17, 15) is 19.7 Å². The summed E-state index contributed by atoms with van der Waals surface area (Å²) in [6.07, 6.45) is 3.42. The number of aliphatic carboxylic acids is 1. The van der Waals surface area contributed by atoms with Crippen LogP contribution >= 0.6 is 0 Å². The molecule has 0 aliphatic heterocycles. The second kappa shape index (κ2) is 9.00. The Morgan fingerprint density at radius 1 is 1.20 bits per heavy atom. The van der Waals surface area contributed by atoms with Gasteiger partial charge in [-0.2, -0.15) is 0 Å². The van der Waals surface area contributed by atoms with Crippen molar-refractivity contribution in [2.45, 2.75) is 38.7 Å². The van der Waals surface area contributed by atoms with Gasteiger partial charge in [0, 0.05) is 18.7 Å². The van der Waals surface area contributed by atoms with Gasteiger partial charge in [0.05, 0.1) is 10.8 Å². The molecule has 1 aliphatic rings. The SMILES string of the molecule is O=C(NCCC1CCC(C(=O)O)CC1)OCc1ccc([N+](=O)[O-])cc1. The molecule has 8 heteroatoms. The van der Waals surface area contributed by atoms with Crippen LogP contribution in [0.1, 0.15) is 37.7 Å². The fourth-order valence-corrected chi connectivity index (χ4v) is 2.99. The van der Waals surface area contributed by atoms with Crippen LogP contribution in [0.25, 0.3) is 0 Å². The summed E-state index contributed by atoms with van der Waals surface area (Å²) in [5, 5.41) is 22.2. The first kappa shape index (κ1) is 18.7. The van der Waals surface area contributed by atoms with Crippen LogP contribution in [0.2, 0.25) is 0 Å². The van der Waals surface area contributed by atoms with Gasteiger partial charge in [0.15, 0.2) is 0 Å². The van der Waals surface area contributed by atoms with Gasteiger partial charge in [-0.15, -0.1) is 0 Å². The Labute approximate surface area is 145 Å². The van der Waals surface area contributed by atoms with Gasteiger partial charge in [-0.1, -0.05) is 0 Å². The van der Waals surface area contributed by atoms with Gasteiger partial charge in [-0.3, -0.25) is 14.9 Å². The number of carbonyl (C=O) groups is 2. The zero-order valence-corrected chi connectivity index (χ0v) is 13.8. The highest BCUT2D eigenvalue weighted by atomic mass is 16.6. The molecule has 1 saturated carbocycles. The van der Waals surface area contributed by atoms with Crippen molar-refractivity contribution < 1.29 is 24.4 Å². The zero-order chi connectivity index (χ0) is 18.2. The molecule has 2 N–H and O–H groups in total. The average molecular weight is 350 g/mol. The number of nitro benzene ring substituents is 1. The minimum Gasteiger partial charge on any atom is -0.481 e. The number of rotatable bonds is 7. The molecule has 25 heavy (non-hydrogen) atoms. The molecule has 0 unspecified atom stereocenters. The number of nitrogens with zero attached hydrogens (tertiary/aromatic N) is 1. The van der Waals surface area contributed by atoms with Crippen molar-refractivity contribution in [3.8, 4) is 0 Å². The quantitative estimate of drug-likeness (QED) is 0.576. The maximum Gasteiger partial charge on any atom is 0.407 e. The Balaban J connectivity index is 1.61. The molecule has 0 atom stereocenters. The summed E-state index contributed by atoms with van der Waals surface area (Å²) >= 11 is 0. The second-order valence-electron chi connectivity index (χ2n) is 6.27. The Morgan fingerprint density at radius 3 is 2.40 bits per heavy atom. The number of carbonyl (C=O) groups excluding carboxylic acids is 1. The number of ether oxygens (including phenoxy) is 1. The number of carboxylic acid groups (broad SMARTS) is 1. The highest BCUT2D eigenvalue weighted by Crippen LogP contribution is 2.30. The summed E-state index contributed by atoms with van der Waals surface area (Å²) in [6.45, 7) is 0.537. The number of nitro groups is 1. The van der Waals surface area contributed by atoms with E-state index in [0.29, 0.717) is 30.9 Å². The lowest BCUT2D eigenvalue weighted by atomic mass is 9.80. The predicted octanol–water partition coefficient (Wildman–Crippen LogP) is 3.10. The van der Waals surface area contributed by atoms with Crippen LogP contribution in [0.5, 0.6) is 0 Å². The minimum absolute atomic E-state index is 0.00850. The topological polar surface area (TPSA) is 119 Å².